The summed E-state index contributed by atoms with van der Waals surface area (Å²) in [4.78, 5) is 0. The maximum Gasteiger partial charge on any atom is 0.123 e. The fourth-order valence-corrected chi connectivity index (χ4v) is 2.54. The maximum atomic E-state index is 6.03. The molecule has 0 bridgehead atoms. The van der Waals surface area contributed by atoms with Crippen molar-refractivity contribution in [1.29, 1.82) is 0 Å². The number of hydrogen-bond donors (Lipinski definition) is 1. The molecule has 0 spiro atoms. The second-order valence-corrected chi connectivity index (χ2v) is 5.91. The summed E-state index contributed by atoms with van der Waals surface area (Å²) >= 11 is 12.0. The molecular formula is C17H19Cl2NO. The molecule has 0 heterocycles. The van der Waals surface area contributed by atoms with E-state index in [4.69, 9.17) is 27.9 Å². The van der Waals surface area contributed by atoms with Crippen LogP contribution in [0.3, 0.4) is 0 Å². The highest BCUT2D eigenvalue weighted by Gasteiger charge is 2.11. The lowest BCUT2D eigenvalue weighted by molar-refractivity contribution is 0.401. The molecule has 0 fully saturated rings. The third-order valence-electron chi connectivity index (χ3n) is 3.45. The predicted octanol–water partition coefficient (Wildman–Crippen LogP) is 5.16. The summed E-state index contributed by atoms with van der Waals surface area (Å²) in [5.41, 5.74) is 3.47. The zero-order chi connectivity index (χ0) is 15.4. The quantitative estimate of drug-likeness (QED) is 0.820. The van der Waals surface area contributed by atoms with Gasteiger partial charge in [-0.3, -0.25) is 0 Å². The largest absolute Gasteiger partial charge is 0.496 e. The first-order valence-corrected chi connectivity index (χ1v) is 7.58. The van der Waals surface area contributed by atoms with Crippen molar-refractivity contribution in [3.63, 3.8) is 0 Å². The second kappa shape index (κ2) is 7.17. The summed E-state index contributed by atoms with van der Waals surface area (Å²) < 4.78 is 5.43. The van der Waals surface area contributed by atoms with Gasteiger partial charge in [-0.1, -0.05) is 47.0 Å². The first-order chi connectivity index (χ1) is 10.0. The van der Waals surface area contributed by atoms with E-state index >= 15 is 0 Å². The van der Waals surface area contributed by atoms with Crippen LogP contribution >= 0.6 is 23.2 Å². The number of nitrogens with one attached hydrogen (secondary N) is 1. The zero-order valence-corrected chi connectivity index (χ0v) is 13.9. The van der Waals surface area contributed by atoms with Gasteiger partial charge in [-0.25, -0.2) is 0 Å². The molecule has 0 aliphatic carbocycles. The van der Waals surface area contributed by atoms with Crippen LogP contribution < -0.4 is 10.1 Å². The first kappa shape index (κ1) is 16.2. The molecule has 1 N–H and O–H groups in total. The van der Waals surface area contributed by atoms with Crippen LogP contribution in [0.1, 0.15) is 29.7 Å². The Morgan fingerprint density at radius 1 is 1.10 bits per heavy atom. The minimum absolute atomic E-state index is 0.175. The minimum Gasteiger partial charge on any atom is -0.496 e. The molecule has 0 aromatic heterocycles. The highest BCUT2D eigenvalue weighted by atomic mass is 35.5. The smallest absolute Gasteiger partial charge is 0.123 e. The third-order valence-corrected chi connectivity index (χ3v) is 4.19. The van der Waals surface area contributed by atoms with Crippen LogP contribution in [-0.4, -0.2) is 7.11 Å². The van der Waals surface area contributed by atoms with E-state index < -0.39 is 0 Å². The summed E-state index contributed by atoms with van der Waals surface area (Å²) in [6.45, 7) is 4.92. The topological polar surface area (TPSA) is 21.3 Å². The van der Waals surface area contributed by atoms with Crippen molar-refractivity contribution >= 4 is 23.2 Å². The summed E-state index contributed by atoms with van der Waals surface area (Å²) in [6, 6.07) is 12.0. The number of benzene rings is 2. The molecule has 2 aromatic carbocycles. The average molecular weight is 324 g/mol. The Bertz CT molecular complexity index is 628. The van der Waals surface area contributed by atoms with E-state index in [1.54, 1.807) is 7.11 Å². The normalized spacial score (nSPS) is 12.2. The number of ether oxygens (including phenoxy) is 1. The molecule has 0 amide bonds. The minimum atomic E-state index is 0.175. The molecule has 112 valence electrons. The Balaban J connectivity index is 2.09. The van der Waals surface area contributed by atoms with Gasteiger partial charge in [0, 0.05) is 18.2 Å². The van der Waals surface area contributed by atoms with E-state index in [1.807, 2.05) is 30.3 Å². The molecule has 0 saturated heterocycles. The van der Waals surface area contributed by atoms with Gasteiger partial charge in [0.05, 0.1) is 17.2 Å². The van der Waals surface area contributed by atoms with Crippen molar-refractivity contribution in [2.24, 2.45) is 0 Å². The molecule has 1 unspecified atom stereocenters. The van der Waals surface area contributed by atoms with Gasteiger partial charge in [-0.15, -0.1) is 0 Å². The van der Waals surface area contributed by atoms with Gasteiger partial charge in [-0.05, 0) is 37.6 Å². The SMILES string of the molecule is COc1ccc(C)cc1C(C)NCc1ccc(Cl)c(Cl)c1. The first-order valence-electron chi connectivity index (χ1n) is 6.83. The van der Waals surface area contributed by atoms with Crippen LogP contribution in [0.2, 0.25) is 10.0 Å². The molecule has 2 nitrogen and oxygen atoms in total. The van der Waals surface area contributed by atoms with E-state index in [9.17, 15) is 0 Å². The summed E-state index contributed by atoms with van der Waals surface area (Å²) in [6.07, 6.45) is 0. The monoisotopic (exact) mass is 323 g/mol. The van der Waals surface area contributed by atoms with Gasteiger partial charge in [0.15, 0.2) is 0 Å². The summed E-state index contributed by atoms with van der Waals surface area (Å²) in [7, 11) is 1.69. The predicted molar refractivity (Wildman–Crippen MR) is 89.4 cm³/mol. The van der Waals surface area contributed by atoms with Crippen LogP contribution in [0.15, 0.2) is 36.4 Å². The van der Waals surface area contributed by atoms with Crippen molar-refractivity contribution in [2.45, 2.75) is 26.4 Å². The number of halogens is 2. The Labute approximate surface area is 136 Å². The molecule has 4 heteroatoms. The van der Waals surface area contributed by atoms with Gasteiger partial charge >= 0.3 is 0 Å². The van der Waals surface area contributed by atoms with Crippen molar-refractivity contribution in [3.8, 4) is 5.75 Å². The van der Waals surface area contributed by atoms with Crippen molar-refractivity contribution in [2.75, 3.05) is 7.11 Å². The van der Waals surface area contributed by atoms with Crippen LogP contribution in [0.5, 0.6) is 5.75 Å². The number of rotatable bonds is 5. The molecule has 0 saturated carbocycles. The molecule has 0 aliphatic heterocycles. The molecule has 2 rings (SSSR count). The van der Waals surface area contributed by atoms with Crippen molar-refractivity contribution in [1.82, 2.24) is 5.32 Å². The number of aryl methyl sites for hydroxylation is 1. The van der Waals surface area contributed by atoms with Gasteiger partial charge in [-0.2, -0.15) is 0 Å². The van der Waals surface area contributed by atoms with Gasteiger partial charge < -0.3 is 10.1 Å². The van der Waals surface area contributed by atoms with Crippen LogP contribution in [0.4, 0.5) is 0 Å². The van der Waals surface area contributed by atoms with Crippen LogP contribution in [-0.2, 0) is 6.54 Å². The van der Waals surface area contributed by atoms with E-state index in [2.05, 4.69) is 25.2 Å². The van der Waals surface area contributed by atoms with Gasteiger partial charge in [0.1, 0.15) is 5.75 Å². The Kier molecular flexibility index (Phi) is 5.51. The summed E-state index contributed by atoms with van der Waals surface area (Å²) in [5, 5.41) is 4.64. The van der Waals surface area contributed by atoms with E-state index in [0.717, 1.165) is 23.4 Å². The average Bonchev–Trinajstić information content (AvgIpc) is 2.48. The molecular weight excluding hydrogens is 305 g/mol. The fraction of sp³-hybridized carbons (Fsp3) is 0.294. The Morgan fingerprint density at radius 2 is 1.86 bits per heavy atom. The van der Waals surface area contributed by atoms with Crippen molar-refractivity contribution < 1.29 is 4.74 Å². The Morgan fingerprint density at radius 3 is 2.52 bits per heavy atom. The van der Waals surface area contributed by atoms with Gasteiger partial charge in [0.25, 0.3) is 0 Å². The zero-order valence-electron chi connectivity index (χ0n) is 12.4. The second-order valence-electron chi connectivity index (χ2n) is 5.10. The highest BCUT2D eigenvalue weighted by Crippen LogP contribution is 2.27. The highest BCUT2D eigenvalue weighted by molar-refractivity contribution is 6.42. The van der Waals surface area contributed by atoms with Crippen molar-refractivity contribution in [3.05, 3.63) is 63.1 Å². The fourth-order valence-electron chi connectivity index (χ4n) is 2.22. The third kappa shape index (κ3) is 4.13. The lowest BCUT2D eigenvalue weighted by Crippen LogP contribution is -2.18. The van der Waals surface area contributed by atoms with E-state index in [1.165, 1.54) is 5.56 Å². The number of methoxy groups -OCH3 is 1. The maximum absolute atomic E-state index is 6.03. The molecule has 21 heavy (non-hydrogen) atoms. The molecule has 1 atom stereocenters. The lowest BCUT2D eigenvalue weighted by Gasteiger charge is -2.18. The van der Waals surface area contributed by atoms with Gasteiger partial charge in [0.2, 0.25) is 0 Å². The van der Waals surface area contributed by atoms with E-state index in [-0.39, 0.29) is 6.04 Å². The lowest BCUT2D eigenvalue weighted by atomic mass is 10.0. The molecule has 2 aromatic rings. The molecule has 0 radical (unpaired) electrons. The standard InChI is InChI=1S/C17H19Cl2NO/c1-11-4-7-17(21-3)14(8-11)12(2)20-10-13-5-6-15(18)16(19)9-13/h4-9,12,20H,10H2,1-3H3. The Hall–Kier alpha value is -1.22. The summed E-state index contributed by atoms with van der Waals surface area (Å²) in [5.74, 6) is 0.898. The van der Waals surface area contributed by atoms with Crippen LogP contribution in [0, 0.1) is 6.92 Å². The van der Waals surface area contributed by atoms with E-state index in [0.29, 0.717) is 10.0 Å². The van der Waals surface area contributed by atoms with Crippen LogP contribution in [0.25, 0.3) is 0 Å². The number of hydrogen-bond acceptors (Lipinski definition) is 2. The molecule has 0 aliphatic rings.